The van der Waals surface area contributed by atoms with Crippen LogP contribution in [0.1, 0.15) is 0 Å². The Labute approximate surface area is 49.0 Å². The smallest absolute Gasteiger partial charge is 0.160 e. The van der Waals surface area contributed by atoms with Gasteiger partial charge in [0.15, 0.2) is 5.11 Å². The molecule has 0 atom stereocenters. The summed E-state index contributed by atoms with van der Waals surface area (Å²) in [6.45, 7) is 0. The molecule has 4 heteroatoms. The van der Waals surface area contributed by atoms with Crippen molar-refractivity contribution in [3.05, 3.63) is 0 Å². The second-order valence-electron chi connectivity index (χ2n) is 0.402. The van der Waals surface area contributed by atoms with Crippen LogP contribution in [0.4, 0.5) is 0 Å². The monoisotopic (exact) mass is 145 g/mol. The van der Waals surface area contributed by atoms with Gasteiger partial charge in [-0.25, -0.2) is 0 Å². The summed E-state index contributed by atoms with van der Waals surface area (Å²) in [5.41, 5.74) is 9.24. The van der Waals surface area contributed by atoms with Crippen molar-refractivity contribution in [1.82, 2.24) is 0 Å². The van der Waals surface area contributed by atoms with E-state index in [4.69, 9.17) is 0 Å². The van der Waals surface area contributed by atoms with E-state index in [2.05, 4.69) is 23.7 Å². The van der Waals surface area contributed by atoms with Crippen molar-refractivity contribution < 1.29 is 0 Å². The number of thiocarbonyl (C=S) groups is 1. The third kappa shape index (κ3) is 220. The van der Waals surface area contributed by atoms with Gasteiger partial charge in [-0.15, -0.1) is 0 Å². The molecular weight excluding hydrogens is 142 g/mol. The molecule has 0 unspecified atom stereocenters. The van der Waals surface area contributed by atoms with Crippen LogP contribution in [0, 0.1) is 0 Å². The van der Waals surface area contributed by atoms with Crippen molar-refractivity contribution in [2.45, 2.75) is 0 Å². The van der Waals surface area contributed by atoms with Crippen LogP contribution in [0.2, 0.25) is 0 Å². The summed E-state index contributed by atoms with van der Waals surface area (Å²) in [4.78, 5) is 0. The van der Waals surface area contributed by atoms with Gasteiger partial charge in [0.05, 0.1) is 0 Å². The fraction of sp³-hybridized carbons (Fsp3) is 0. The third-order valence-electron chi connectivity index (χ3n) is 0. The molecule has 0 rings (SSSR count). The van der Waals surface area contributed by atoms with Crippen LogP contribution in [-0.2, 0) is 0 Å². The van der Waals surface area contributed by atoms with Crippen LogP contribution in [0.25, 0.3) is 0 Å². The minimum atomic E-state index is 0. The Morgan fingerprint density at radius 1 is 1.40 bits per heavy atom. The maximum absolute atomic E-state index is 4.62. The largest absolute Gasteiger partial charge is 0.377 e. The molecule has 0 aliphatic heterocycles. The first-order chi connectivity index (χ1) is 1.73. The van der Waals surface area contributed by atoms with E-state index in [0.717, 1.165) is 0 Å². The van der Waals surface area contributed by atoms with E-state index in [0.29, 0.717) is 0 Å². The van der Waals surface area contributed by atoms with E-state index in [1.54, 1.807) is 0 Å². The Hall–Kier alpha value is 0.326. The third-order valence-corrected chi connectivity index (χ3v) is 0. The second-order valence-corrected chi connectivity index (χ2v) is 0.874. The number of hydrogen-bond donors (Lipinski definition) is 2. The quantitative estimate of drug-likeness (QED) is 0.333. The van der Waals surface area contributed by atoms with Crippen LogP contribution >= 0.6 is 12.2 Å². The van der Waals surface area contributed by atoms with Gasteiger partial charge >= 0.3 is 0 Å². The van der Waals surface area contributed by atoms with Crippen molar-refractivity contribution in [2.24, 2.45) is 11.5 Å². The summed E-state index contributed by atoms with van der Waals surface area (Å²) in [5.74, 6) is 0. The van der Waals surface area contributed by atoms with Gasteiger partial charge in [0.25, 0.3) is 0 Å². The predicted molar refractivity (Wildman–Crippen MR) is 26.7 cm³/mol. The van der Waals surface area contributed by atoms with E-state index in [1.165, 1.54) is 0 Å². The van der Waals surface area contributed by atoms with E-state index < -0.39 is 0 Å². The molecule has 27 valence electrons. The summed E-state index contributed by atoms with van der Waals surface area (Å²) in [5, 5.41) is 0.000000000000000222. The minimum Gasteiger partial charge on any atom is -0.377 e. The Morgan fingerprint density at radius 3 is 1.40 bits per heavy atom. The molecule has 0 aromatic carbocycles. The van der Waals surface area contributed by atoms with Gasteiger partial charge in [-0.05, 0) is 12.2 Å². The Morgan fingerprint density at radius 2 is 1.40 bits per heavy atom. The average molecular weight is 146 g/mol. The zero-order valence-corrected chi connectivity index (χ0v) is 5.88. The zero-order valence-electron chi connectivity index (χ0n) is 2.64. The van der Waals surface area contributed by atoms with Crippen LogP contribution in [-0.4, -0.2) is 24.9 Å². The Bertz CT molecular complexity index is 32.6. The molecule has 0 aromatic rings. The number of rotatable bonds is 0. The first-order valence-corrected chi connectivity index (χ1v) is 1.19. The van der Waals surface area contributed by atoms with Gasteiger partial charge < -0.3 is 11.5 Å². The Kier molecular flexibility index (Phi) is 7.80. The van der Waals surface area contributed by atoms with Gasteiger partial charge in [-0.1, -0.05) is 0 Å². The summed E-state index contributed by atoms with van der Waals surface area (Å²) < 4.78 is 0. The summed E-state index contributed by atoms with van der Waals surface area (Å²) in [6, 6.07) is 0. The molecule has 3 radical (unpaired) electrons. The topological polar surface area (TPSA) is 52.0 Å². The fourth-order valence-corrected chi connectivity index (χ4v) is 0. The van der Waals surface area contributed by atoms with Gasteiger partial charge in [0, 0.05) is 19.8 Å². The molecule has 0 aliphatic carbocycles. The molecule has 0 fully saturated rings. The average Bonchev–Trinajstić information content (AvgIpc) is 0.811. The van der Waals surface area contributed by atoms with Gasteiger partial charge in [0.1, 0.15) is 0 Å². The van der Waals surface area contributed by atoms with Crippen molar-refractivity contribution >= 4 is 37.1 Å². The first kappa shape index (κ1) is 9.01. The van der Waals surface area contributed by atoms with E-state index >= 15 is 0 Å². The maximum Gasteiger partial charge on any atom is 0.160 e. The summed E-state index contributed by atoms with van der Waals surface area (Å²) >= 11 is 4.09. The van der Waals surface area contributed by atoms with Crippen LogP contribution in [0.15, 0.2) is 0 Å². The Balaban J connectivity index is 0. The molecule has 0 bridgehead atoms. The number of hydrogen-bond acceptors (Lipinski definition) is 1. The molecule has 0 spiro atoms. The molecule has 0 saturated heterocycles. The molecule has 0 saturated carbocycles. The molecule has 0 aromatic heterocycles. The van der Waals surface area contributed by atoms with Gasteiger partial charge in [-0.2, -0.15) is 0 Å². The van der Waals surface area contributed by atoms with Gasteiger partial charge in [-0.3, -0.25) is 0 Å². The fourth-order valence-electron chi connectivity index (χ4n) is 0. The van der Waals surface area contributed by atoms with Crippen LogP contribution in [0.3, 0.4) is 0 Å². The molecule has 0 heterocycles. The first-order valence-electron chi connectivity index (χ1n) is 0.781. The molecular formula is CH4GaN2S. The van der Waals surface area contributed by atoms with Crippen molar-refractivity contribution in [2.75, 3.05) is 0 Å². The molecule has 5 heavy (non-hydrogen) atoms. The van der Waals surface area contributed by atoms with Crippen LogP contribution in [0.5, 0.6) is 0 Å². The van der Waals surface area contributed by atoms with Gasteiger partial charge in [0.2, 0.25) is 0 Å². The predicted octanol–water partition coefficient (Wildman–Crippen LogP) is -1.19. The molecule has 2 nitrogen and oxygen atoms in total. The molecule has 4 N–H and O–H groups in total. The standard InChI is InChI=1S/CH4N2S.Ga/c2-1(3)4;/h(H4,2,3,4);. The summed E-state index contributed by atoms with van der Waals surface area (Å²) in [6.07, 6.45) is 0. The second kappa shape index (κ2) is 4.33. The zero-order chi connectivity index (χ0) is 3.58. The van der Waals surface area contributed by atoms with Crippen molar-refractivity contribution in [1.29, 1.82) is 0 Å². The van der Waals surface area contributed by atoms with Crippen molar-refractivity contribution in [3.63, 3.8) is 0 Å². The SMILES string of the molecule is NC(N)=S.[Ga]. The van der Waals surface area contributed by atoms with E-state index in [1.807, 2.05) is 0 Å². The van der Waals surface area contributed by atoms with E-state index in [9.17, 15) is 0 Å². The molecule has 0 aliphatic rings. The minimum absolute atomic E-state index is 0. The normalized spacial score (nSPS) is 4.80. The summed E-state index contributed by atoms with van der Waals surface area (Å²) in [7, 11) is 0. The van der Waals surface area contributed by atoms with Crippen LogP contribution < -0.4 is 11.5 Å². The maximum atomic E-state index is 4.62. The van der Waals surface area contributed by atoms with E-state index in [-0.39, 0.29) is 24.9 Å². The molecule has 0 amide bonds. The number of nitrogens with two attached hydrogens (primary N) is 2. The van der Waals surface area contributed by atoms with Crippen molar-refractivity contribution in [3.8, 4) is 0 Å².